The van der Waals surface area contributed by atoms with E-state index in [0.29, 0.717) is 0 Å². The lowest BCUT2D eigenvalue weighted by atomic mass is 10.1. The van der Waals surface area contributed by atoms with E-state index >= 15 is 0 Å². The molecule has 14 heavy (non-hydrogen) atoms. The maximum absolute atomic E-state index is 5.08. The summed E-state index contributed by atoms with van der Waals surface area (Å²) < 4.78 is 9.89. The SMILES string of the molecule is CO[CH+][CH]CCc1ccc(OC)cc1. The Kier molecular flexibility index (Phi) is 4.94. The number of rotatable bonds is 6. The molecule has 0 aliphatic rings. The Morgan fingerprint density at radius 1 is 1.21 bits per heavy atom. The average molecular weight is 192 g/mol. The van der Waals surface area contributed by atoms with Crippen LogP contribution in [0.15, 0.2) is 24.3 Å². The number of aryl methyl sites for hydroxylation is 1. The van der Waals surface area contributed by atoms with Crippen molar-refractivity contribution < 1.29 is 9.47 Å². The summed E-state index contributed by atoms with van der Waals surface area (Å²) in [6, 6.07) is 8.13. The van der Waals surface area contributed by atoms with Gasteiger partial charge in [0.1, 0.15) is 5.75 Å². The molecule has 0 N–H and O–H groups in total. The highest BCUT2D eigenvalue weighted by Crippen LogP contribution is 2.13. The van der Waals surface area contributed by atoms with Gasteiger partial charge in [-0.05, 0) is 24.1 Å². The van der Waals surface area contributed by atoms with Crippen LogP contribution >= 0.6 is 0 Å². The van der Waals surface area contributed by atoms with Crippen LogP contribution in [0.1, 0.15) is 12.0 Å². The molecule has 0 fully saturated rings. The second kappa shape index (κ2) is 6.33. The van der Waals surface area contributed by atoms with Gasteiger partial charge < -0.3 is 4.74 Å². The van der Waals surface area contributed by atoms with Crippen molar-refractivity contribution in [2.75, 3.05) is 14.2 Å². The van der Waals surface area contributed by atoms with Crippen molar-refractivity contribution in [2.24, 2.45) is 0 Å². The van der Waals surface area contributed by atoms with Crippen molar-refractivity contribution in [3.05, 3.63) is 42.9 Å². The molecule has 0 saturated heterocycles. The van der Waals surface area contributed by atoms with Crippen LogP contribution in [0.3, 0.4) is 0 Å². The molecule has 0 aliphatic heterocycles. The fraction of sp³-hybridized carbons (Fsp3) is 0.333. The van der Waals surface area contributed by atoms with Crippen molar-refractivity contribution in [1.82, 2.24) is 0 Å². The van der Waals surface area contributed by atoms with Crippen molar-refractivity contribution in [3.8, 4) is 5.75 Å². The zero-order valence-electron chi connectivity index (χ0n) is 8.69. The molecule has 2 nitrogen and oxygen atoms in total. The number of unbranched alkanes of at least 4 members (excludes halogenated alkanes) is 1. The molecule has 1 radical (unpaired) electrons. The van der Waals surface area contributed by atoms with Crippen LogP contribution in [0.2, 0.25) is 0 Å². The first-order valence-corrected chi connectivity index (χ1v) is 4.67. The predicted octanol–water partition coefficient (Wildman–Crippen LogP) is 2.64. The summed E-state index contributed by atoms with van der Waals surface area (Å²) in [7, 11) is 3.33. The molecule has 1 rings (SSSR count). The molecule has 75 valence electrons. The standard InChI is InChI=1S/C12H16O2/c1-13-10-4-3-5-11-6-8-12(14-2)9-7-11/h4,6-10H,3,5H2,1-2H3/q+1. The van der Waals surface area contributed by atoms with E-state index in [1.54, 1.807) is 20.8 Å². The third-order valence-corrected chi connectivity index (χ3v) is 1.99. The van der Waals surface area contributed by atoms with Crippen LogP contribution in [-0.4, -0.2) is 14.2 Å². The highest BCUT2D eigenvalue weighted by Gasteiger charge is 2.00. The number of hydrogen-bond donors (Lipinski definition) is 0. The summed E-state index contributed by atoms with van der Waals surface area (Å²) in [6.07, 6.45) is 4.05. The molecule has 2 heteroatoms. The molecule has 1 aromatic carbocycles. The quantitative estimate of drug-likeness (QED) is 0.509. The minimum Gasteiger partial charge on any atom is -0.497 e. The second-order valence-electron chi connectivity index (χ2n) is 2.99. The van der Waals surface area contributed by atoms with E-state index in [1.807, 2.05) is 18.6 Å². The number of ether oxygens (including phenoxy) is 2. The van der Waals surface area contributed by atoms with Crippen molar-refractivity contribution in [3.63, 3.8) is 0 Å². The fourth-order valence-corrected chi connectivity index (χ4v) is 1.21. The van der Waals surface area contributed by atoms with Crippen LogP contribution in [0, 0.1) is 13.0 Å². The summed E-state index contributed by atoms with van der Waals surface area (Å²) in [5.74, 6) is 0.904. The Morgan fingerprint density at radius 2 is 1.93 bits per heavy atom. The third-order valence-electron chi connectivity index (χ3n) is 1.99. The Balaban J connectivity index is 2.29. The molecule has 0 heterocycles. The Morgan fingerprint density at radius 3 is 2.50 bits per heavy atom. The molecule has 1 aromatic rings. The Labute approximate surface area is 85.8 Å². The van der Waals surface area contributed by atoms with E-state index in [4.69, 9.17) is 9.47 Å². The Bertz CT molecular complexity index is 241. The van der Waals surface area contributed by atoms with Gasteiger partial charge in [0, 0.05) is 6.42 Å². The molecule has 0 aromatic heterocycles. The number of methoxy groups -OCH3 is 2. The molecule has 0 spiro atoms. The van der Waals surface area contributed by atoms with Gasteiger partial charge in [0.15, 0.2) is 6.42 Å². The molecule has 0 aliphatic carbocycles. The molecule has 0 unspecified atom stereocenters. The molecule has 0 saturated carbocycles. The van der Waals surface area contributed by atoms with Crippen molar-refractivity contribution in [2.45, 2.75) is 12.8 Å². The summed E-state index contributed by atoms with van der Waals surface area (Å²) in [5, 5.41) is 0. The second-order valence-corrected chi connectivity index (χ2v) is 2.99. The van der Waals surface area contributed by atoms with Crippen LogP contribution in [0.25, 0.3) is 0 Å². The van der Waals surface area contributed by atoms with Gasteiger partial charge in [0.25, 0.3) is 0 Å². The van der Waals surface area contributed by atoms with Crippen molar-refractivity contribution in [1.29, 1.82) is 0 Å². The third kappa shape index (κ3) is 3.71. The minimum atomic E-state index is 0.904. The van der Waals surface area contributed by atoms with Gasteiger partial charge in [0.2, 0.25) is 6.61 Å². The molecule has 0 bridgehead atoms. The van der Waals surface area contributed by atoms with Crippen LogP contribution in [-0.2, 0) is 11.2 Å². The lowest BCUT2D eigenvalue weighted by Crippen LogP contribution is -1.89. The molecule has 0 amide bonds. The van der Waals surface area contributed by atoms with E-state index in [2.05, 4.69) is 12.1 Å². The van der Waals surface area contributed by atoms with E-state index in [0.717, 1.165) is 18.6 Å². The first-order valence-electron chi connectivity index (χ1n) is 4.67. The number of benzene rings is 1. The highest BCUT2D eigenvalue weighted by atomic mass is 16.5. The molecular weight excluding hydrogens is 176 g/mol. The van der Waals surface area contributed by atoms with Gasteiger partial charge in [-0.15, -0.1) is 0 Å². The van der Waals surface area contributed by atoms with Crippen LogP contribution < -0.4 is 4.74 Å². The van der Waals surface area contributed by atoms with Gasteiger partial charge in [-0.2, -0.15) is 4.74 Å². The highest BCUT2D eigenvalue weighted by molar-refractivity contribution is 5.27. The van der Waals surface area contributed by atoms with Crippen LogP contribution in [0.5, 0.6) is 5.75 Å². The first-order chi connectivity index (χ1) is 6.86. The summed E-state index contributed by atoms with van der Waals surface area (Å²) in [6.45, 7) is 1.71. The number of hydrogen-bond acceptors (Lipinski definition) is 2. The Hall–Kier alpha value is -1.15. The lowest BCUT2D eigenvalue weighted by Gasteiger charge is -2.01. The van der Waals surface area contributed by atoms with Gasteiger partial charge >= 0.3 is 0 Å². The smallest absolute Gasteiger partial charge is 0.234 e. The monoisotopic (exact) mass is 192 g/mol. The topological polar surface area (TPSA) is 18.5 Å². The lowest BCUT2D eigenvalue weighted by molar-refractivity contribution is 0.286. The van der Waals surface area contributed by atoms with E-state index in [9.17, 15) is 0 Å². The van der Waals surface area contributed by atoms with E-state index in [1.165, 1.54) is 5.56 Å². The van der Waals surface area contributed by atoms with E-state index in [-0.39, 0.29) is 0 Å². The summed E-state index contributed by atoms with van der Waals surface area (Å²) in [5.41, 5.74) is 1.31. The summed E-state index contributed by atoms with van der Waals surface area (Å²) in [4.78, 5) is 0. The van der Waals surface area contributed by atoms with Gasteiger partial charge in [-0.1, -0.05) is 12.1 Å². The van der Waals surface area contributed by atoms with Gasteiger partial charge in [-0.25, -0.2) is 0 Å². The zero-order chi connectivity index (χ0) is 10.2. The minimum absolute atomic E-state index is 0.904. The largest absolute Gasteiger partial charge is 0.497 e. The maximum atomic E-state index is 5.08. The van der Waals surface area contributed by atoms with Gasteiger partial charge in [-0.3, -0.25) is 0 Å². The molecular formula is C12H16O2+. The first kappa shape index (κ1) is 10.9. The summed E-state index contributed by atoms with van der Waals surface area (Å²) >= 11 is 0. The van der Waals surface area contributed by atoms with E-state index < -0.39 is 0 Å². The zero-order valence-corrected chi connectivity index (χ0v) is 8.69. The average Bonchev–Trinajstić information content (AvgIpc) is 2.25. The normalized spacial score (nSPS) is 9.86. The molecule has 0 atom stereocenters. The van der Waals surface area contributed by atoms with Gasteiger partial charge in [0.05, 0.1) is 14.2 Å². The predicted molar refractivity (Wildman–Crippen MR) is 56.9 cm³/mol. The van der Waals surface area contributed by atoms with Crippen LogP contribution in [0.4, 0.5) is 0 Å². The van der Waals surface area contributed by atoms with Crippen molar-refractivity contribution >= 4 is 0 Å². The fourth-order valence-electron chi connectivity index (χ4n) is 1.21. The maximum Gasteiger partial charge on any atom is 0.234 e.